The third-order valence-electron chi connectivity index (χ3n) is 11.3. The Bertz CT molecular complexity index is 1520. The quantitative estimate of drug-likeness (QED) is 0.180. The van der Waals surface area contributed by atoms with Gasteiger partial charge in [0.2, 0.25) is 23.5 Å². The van der Waals surface area contributed by atoms with Gasteiger partial charge in [-0.15, -0.1) is 0 Å². The summed E-state index contributed by atoms with van der Waals surface area (Å²) in [5.74, 6) is -2.89. The highest BCUT2D eigenvalue weighted by atomic mass is 16.2. The molecule has 270 valence electrons. The summed E-state index contributed by atoms with van der Waals surface area (Å²) in [6.45, 7) is 7.82. The van der Waals surface area contributed by atoms with E-state index in [1.165, 1.54) is 18.6 Å². The second-order valence-corrected chi connectivity index (χ2v) is 15.9. The number of ketones is 1. The fraction of sp³-hybridized carbons (Fsp3) is 0.676. The summed E-state index contributed by atoms with van der Waals surface area (Å²) in [7, 11) is 0. The van der Waals surface area contributed by atoms with Crippen molar-refractivity contribution in [2.24, 2.45) is 35.0 Å². The van der Waals surface area contributed by atoms with Crippen LogP contribution in [0.5, 0.6) is 0 Å². The third kappa shape index (κ3) is 7.32. The first-order valence-electron chi connectivity index (χ1n) is 18.4. The maximum Gasteiger partial charge on any atom is 0.289 e. The zero-order valence-electron chi connectivity index (χ0n) is 29.5. The molecule has 0 bridgehead atoms. The van der Waals surface area contributed by atoms with E-state index in [0.29, 0.717) is 19.4 Å². The molecule has 1 unspecified atom stereocenters. The number of carbonyl (C=O) groups excluding carboxylic acids is 6. The summed E-state index contributed by atoms with van der Waals surface area (Å²) in [6.07, 6.45) is 15.4. The van der Waals surface area contributed by atoms with Gasteiger partial charge in [-0.1, -0.05) is 65.5 Å². The number of Topliss-reactive ketones (excluding diaryl/α,β-unsaturated/α-hetero) is 1. The van der Waals surface area contributed by atoms with Gasteiger partial charge in [-0.25, -0.2) is 4.98 Å². The van der Waals surface area contributed by atoms with E-state index in [4.69, 9.17) is 0 Å². The second kappa shape index (κ2) is 14.6. The molecule has 5 amide bonds. The molecule has 4 aliphatic carbocycles. The van der Waals surface area contributed by atoms with Crippen LogP contribution in [0.15, 0.2) is 30.7 Å². The van der Waals surface area contributed by atoms with Gasteiger partial charge in [0, 0.05) is 30.9 Å². The van der Waals surface area contributed by atoms with E-state index < -0.39 is 59.0 Å². The van der Waals surface area contributed by atoms with Crippen LogP contribution in [-0.4, -0.2) is 86.9 Å². The topological polar surface area (TPSA) is 180 Å². The van der Waals surface area contributed by atoms with Crippen molar-refractivity contribution in [3.8, 4) is 0 Å². The van der Waals surface area contributed by atoms with Gasteiger partial charge < -0.3 is 26.2 Å². The largest absolute Gasteiger partial charge is 0.347 e. The molecule has 2 heterocycles. The maximum absolute atomic E-state index is 14.7. The smallest absolute Gasteiger partial charge is 0.289 e. The number of nitrogens with one attached hydrogen (secondary N) is 4. The fourth-order valence-electron chi connectivity index (χ4n) is 8.36. The molecule has 13 heteroatoms. The number of amides is 5. The van der Waals surface area contributed by atoms with Crippen molar-refractivity contribution in [3.63, 3.8) is 0 Å². The lowest BCUT2D eigenvalue weighted by molar-refractivity contribution is -0.146. The zero-order valence-corrected chi connectivity index (χ0v) is 29.5. The summed E-state index contributed by atoms with van der Waals surface area (Å²) < 4.78 is 0. The molecule has 50 heavy (non-hydrogen) atoms. The Hall–Kier alpha value is -4.16. The van der Waals surface area contributed by atoms with E-state index in [2.05, 4.69) is 43.4 Å². The minimum Gasteiger partial charge on any atom is -0.347 e. The van der Waals surface area contributed by atoms with Gasteiger partial charge in [-0.3, -0.25) is 33.8 Å². The molecule has 4 fully saturated rings. The predicted octanol–water partition coefficient (Wildman–Crippen LogP) is 2.08. The SMILES string of the molecule is CCC[C@H](NC(=O)[C@@H]1[C@@H]2[C@H](CN1C(=O)[C@@H](NC(=O)[C@@H](NC(=O)c1cnccn1)C1CCCCC1)C(C)(C)C)C1C=C[C@@H]12)C(=O)C(=O)NC1CC1. The molecule has 1 saturated heterocycles. The van der Waals surface area contributed by atoms with Crippen molar-refractivity contribution in [1.82, 2.24) is 36.1 Å². The van der Waals surface area contributed by atoms with Crippen molar-refractivity contribution in [2.75, 3.05) is 6.54 Å². The first-order valence-corrected chi connectivity index (χ1v) is 18.4. The first kappa shape index (κ1) is 35.7. The van der Waals surface area contributed by atoms with Gasteiger partial charge in [0.1, 0.15) is 23.8 Å². The van der Waals surface area contributed by atoms with Gasteiger partial charge >= 0.3 is 0 Å². The average molecular weight is 690 g/mol. The summed E-state index contributed by atoms with van der Waals surface area (Å²) in [5, 5.41) is 11.5. The van der Waals surface area contributed by atoms with Crippen LogP contribution in [0.3, 0.4) is 0 Å². The number of nitrogens with zero attached hydrogens (tertiary/aromatic N) is 3. The monoisotopic (exact) mass is 689 g/mol. The van der Waals surface area contributed by atoms with Crippen molar-refractivity contribution in [1.29, 1.82) is 0 Å². The van der Waals surface area contributed by atoms with Crippen LogP contribution in [0, 0.1) is 35.0 Å². The minimum atomic E-state index is -1.01. The van der Waals surface area contributed by atoms with E-state index in [0.717, 1.165) is 44.9 Å². The average Bonchev–Trinajstić information content (AvgIpc) is 3.84. The molecule has 0 radical (unpaired) electrons. The van der Waals surface area contributed by atoms with Gasteiger partial charge in [-0.05, 0) is 61.2 Å². The Morgan fingerprint density at radius 3 is 2.24 bits per heavy atom. The van der Waals surface area contributed by atoms with Crippen LogP contribution in [0.4, 0.5) is 0 Å². The highest BCUT2D eigenvalue weighted by Crippen LogP contribution is 2.59. The number of hydrogen-bond donors (Lipinski definition) is 4. The molecule has 1 aliphatic heterocycles. The molecule has 3 saturated carbocycles. The van der Waals surface area contributed by atoms with E-state index in [1.807, 2.05) is 27.7 Å². The standard InChI is InChI=1S/C37H51N7O6/c1-5-9-25(30(45)35(49)40-21-12-13-21)41-34(48)29-27-23-15-14-22(23)24(27)19-44(29)36(50)31(37(2,3)4)43-33(47)28(20-10-7-6-8-11-20)42-32(46)26-18-38-16-17-39-26/h14-18,20-25,27-29,31H,5-13,19H2,1-4H3,(H,40,49)(H,41,48)(H,42,46)(H,43,47)/t22?,23-,24+,25-,27-,28-,29-,31+/m0/s1. The number of hydrogen-bond acceptors (Lipinski definition) is 8. The first-order chi connectivity index (χ1) is 23.9. The van der Waals surface area contributed by atoms with E-state index in [1.54, 1.807) is 4.90 Å². The molecular formula is C37H51N7O6. The van der Waals surface area contributed by atoms with Gasteiger partial charge in [0.05, 0.1) is 12.2 Å². The third-order valence-corrected chi connectivity index (χ3v) is 11.3. The van der Waals surface area contributed by atoms with Crippen molar-refractivity contribution in [2.45, 2.75) is 116 Å². The lowest BCUT2D eigenvalue weighted by atomic mass is 9.51. The van der Waals surface area contributed by atoms with Gasteiger partial charge in [-0.2, -0.15) is 0 Å². The Morgan fingerprint density at radius 1 is 0.920 bits per heavy atom. The number of likely N-dealkylation sites (tertiary alicyclic amines) is 1. The second-order valence-electron chi connectivity index (χ2n) is 15.9. The van der Waals surface area contributed by atoms with Crippen molar-refractivity contribution in [3.05, 3.63) is 36.4 Å². The molecule has 6 rings (SSSR count). The number of aromatic nitrogens is 2. The van der Waals surface area contributed by atoms with E-state index >= 15 is 0 Å². The minimum absolute atomic E-state index is 0.00744. The molecule has 1 aromatic rings. The Labute approximate surface area is 293 Å². The Kier molecular flexibility index (Phi) is 10.4. The van der Waals surface area contributed by atoms with E-state index in [-0.39, 0.29) is 47.2 Å². The van der Waals surface area contributed by atoms with Crippen molar-refractivity contribution < 1.29 is 28.8 Å². The molecule has 8 atom stereocenters. The normalized spacial score (nSPS) is 27.3. The molecule has 1 aromatic heterocycles. The van der Waals surface area contributed by atoms with E-state index in [9.17, 15) is 28.8 Å². The Morgan fingerprint density at radius 2 is 1.64 bits per heavy atom. The van der Waals surface area contributed by atoms with Crippen LogP contribution in [0.1, 0.15) is 96.0 Å². The molecule has 5 aliphatic rings. The van der Waals surface area contributed by atoms with Gasteiger partial charge in [0.15, 0.2) is 0 Å². The molecule has 0 aromatic carbocycles. The lowest BCUT2D eigenvalue weighted by Gasteiger charge is -2.52. The maximum atomic E-state index is 14.7. The summed E-state index contributed by atoms with van der Waals surface area (Å²) in [6, 6.07) is -3.75. The molecule has 13 nitrogen and oxygen atoms in total. The number of carbonyl (C=O) groups is 6. The van der Waals surface area contributed by atoms with Crippen LogP contribution in [-0.2, 0) is 24.0 Å². The Balaban J connectivity index is 1.22. The number of fused-ring (bicyclic) bond motifs is 4. The van der Waals surface area contributed by atoms with Crippen LogP contribution < -0.4 is 21.3 Å². The molecular weight excluding hydrogens is 638 g/mol. The van der Waals surface area contributed by atoms with Crippen LogP contribution in [0.25, 0.3) is 0 Å². The highest BCUT2D eigenvalue weighted by Gasteiger charge is 2.64. The molecule has 4 N–H and O–H groups in total. The summed E-state index contributed by atoms with van der Waals surface area (Å²) >= 11 is 0. The fourth-order valence-corrected chi connectivity index (χ4v) is 8.36. The van der Waals surface area contributed by atoms with Gasteiger partial charge in [0.25, 0.3) is 11.8 Å². The van der Waals surface area contributed by atoms with Crippen molar-refractivity contribution >= 4 is 35.3 Å². The van der Waals surface area contributed by atoms with Crippen LogP contribution >= 0.6 is 0 Å². The van der Waals surface area contributed by atoms with Crippen LogP contribution in [0.2, 0.25) is 0 Å². The summed E-state index contributed by atoms with van der Waals surface area (Å²) in [5.41, 5.74) is -0.653. The predicted molar refractivity (Wildman–Crippen MR) is 183 cm³/mol. The molecule has 0 spiro atoms. The number of rotatable bonds is 13. The highest BCUT2D eigenvalue weighted by molar-refractivity contribution is 6.38. The zero-order chi connectivity index (χ0) is 35.7. The number of allylic oxidation sites excluding steroid dienone is 2. The lowest BCUT2D eigenvalue weighted by Crippen LogP contribution is -2.63. The summed E-state index contributed by atoms with van der Waals surface area (Å²) in [4.78, 5) is 91.8.